The molecule has 0 aliphatic rings. The molecule has 0 unspecified atom stereocenters. The van der Waals surface area contributed by atoms with Gasteiger partial charge >= 0.3 is 0 Å². The lowest BCUT2D eigenvalue weighted by atomic mass is 10.1. The van der Waals surface area contributed by atoms with E-state index in [1.54, 1.807) is 4.40 Å². The normalized spacial score (nSPS) is 11.7. The van der Waals surface area contributed by atoms with Gasteiger partial charge in [0.15, 0.2) is 15.9 Å². The fourth-order valence-corrected chi connectivity index (χ4v) is 4.06. The van der Waals surface area contributed by atoms with E-state index in [-0.39, 0.29) is 5.56 Å². The maximum Gasteiger partial charge on any atom is 0.286 e. The average Bonchev–Trinajstić information content (AvgIpc) is 3.22. The van der Waals surface area contributed by atoms with Crippen LogP contribution in [0.3, 0.4) is 0 Å². The minimum absolute atomic E-state index is 0.181. The highest BCUT2D eigenvalue weighted by Gasteiger charge is 2.19. The van der Waals surface area contributed by atoms with Crippen LogP contribution in [-0.4, -0.2) is 29.1 Å². The number of aromatic nitrogens is 6. The molecular weight excluding hydrogens is 476 g/mol. The minimum atomic E-state index is -0.181. The van der Waals surface area contributed by atoms with Crippen molar-refractivity contribution in [2.24, 2.45) is 0 Å². The third-order valence-electron chi connectivity index (χ3n) is 4.52. The van der Waals surface area contributed by atoms with Gasteiger partial charge in [-0.3, -0.25) is 9.36 Å². The lowest BCUT2D eigenvalue weighted by Crippen LogP contribution is -2.21. The van der Waals surface area contributed by atoms with E-state index >= 15 is 0 Å². The van der Waals surface area contributed by atoms with Gasteiger partial charge in [-0.05, 0) is 40.0 Å². The Morgan fingerprint density at radius 2 is 2.04 bits per heavy atom. The molecule has 3 aromatic heterocycles. The van der Waals surface area contributed by atoms with Gasteiger partial charge in [0.05, 0.1) is 0 Å². The van der Waals surface area contributed by atoms with E-state index in [9.17, 15) is 4.79 Å². The molecule has 7 nitrogen and oxygen atoms in total. The first-order valence-electron chi connectivity index (χ1n) is 8.85. The van der Waals surface area contributed by atoms with Crippen LogP contribution in [0.5, 0.6) is 0 Å². The number of imidazole rings is 1. The topological polar surface area (TPSA) is 80.9 Å². The van der Waals surface area contributed by atoms with Crippen LogP contribution < -0.4 is 5.56 Å². The van der Waals surface area contributed by atoms with E-state index in [1.807, 2.05) is 28.8 Å². The Balaban J connectivity index is 1.89. The Morgan fingerprint density at radius 3 is 2.81 bits per heavy atom. The molecule has 1 aromatic carbocycles. The second-order valence-corrected chi connectivity index (χ2v) is 8.12. The van der Waals surface area contributed by atoms with Gasteiger partial charge in [-0.15, -0.1) is 10.2 Å². The first-order chi connectivity index (χ1) is 13.1. The number of fused-ring (bicyclic) bond motifs is 2. The van der Waals surface area contributed by atoms with Gasteiger partial charge in [0, 0.05) is 17.4 Å². The molecule has 0 bridgehead atoms. The zero-order valence-corrected chi connectivity index (χ0v) is 17.9. The number of hydrogen-bond donors (Lipinski definition) is 1. The molecule has 0 atom stereocenters. The Morgan fingerprint density at radius 1 is 1.19 bits per heavy atom. The number of rotatable bonds is 6. The summed E-state index contributed by atoms with van der Waals surface area (Å²) in [5.41, 5.74) is 1.94. The second kappa shape index (κ2) is 7.55. The van der Waals surface area contributed by atoms with E-state index in [0.29, 0.717) is 33.9 Å². The Bertz CT molecular complexity index is 1180. The highest BCUT2D eigenvalue weighted by Crippen LogP contribution is 2.18. The predicted molar refractivity (Wildman–Crippen MR) is 111 cm³/mol. The molecule has 27 heavy (non-hydrogen) atoms. The highest BCUT2D eigenvalue weighted by molar-refractivity contribution is 9.10. The third-order valence-corrected chi connectivity index (χ3v) is 5.39. The Hall–Kier alpha value is -2.00. The summed E-state index contributed by atoms with van der Waals surface area (Å²) >= 11 is 6.83. The van der Waals surface area contributed by atoms with Gasteiger partial charge < -0.3 is 4.98 Å². The van der Waals surface area contributed by atoms with Gasteiger partial charge in [0.2, 0.25) is 5.78 Å². The van der Waals surface area contributed by atoms with Crippen molar-refractivity contribution in [2.45, 2.75) is 39.2 Å². The maximum atomic E-state index is 13.1. The molecule has 0 radical (unpaired) electrons. The van der Waals surface area contributed by atoms with Crippen molar-refractivity contribution in [3.63, 3.8) is 0 Å². The quantitative estimate of drug-likeness (QED) is 0.324. The fraction of sp³-hybridized carbons (Fsp3) is 0.333. The van der Waals surface area contributed by atoms with Crippen molar-refractivity contribution >= 4 is 48.8 Å². The van der Waals surface area contributed by atoms with Gasteiger partial charge in [0.1, 0.15) is 5.82 Å². The number of H-pyrrole nitrogens is 1. The molecule has 3 heterocycles. The molecule has 0 amide bonds. The van der Waals surface area contributed by atoms with Crippen molar-refractivity contribution in [3.8, 4) is 0 Å². The molecule has 0 aliphatic carbocycles. The maximum absolute atomic E-state index is 13.1. The molecular formula is C18H18Br2N6O. The van der Waals surface area contributed by atoms with Crippen LogP contribution in [0.15, 0.2) is 38.3 Å². The number of aryl methyl sites for hydroxylation is 1. The summed E-state index contributed by atoms with van der Waals surface area (Å²) in [4.78, 5) is 20.6. The molecule has 0 saturated carbocycles. The van der Waals surface area contributed by atoms with Crippen LogP contribution in [0.25, 0.3) is 16.9 Å². The van der Waals surface area contributed by atoms with Crippen molar-refractivity contribution in [1.82, 2.24) is 29.1 Å². The molecule has 0 spiro atoms. The molecule has 4 aromatic rings. The van der Waals surface area contributed by atoms with Crippen molar-refractivity contribution in [3.05, 3.63) is 55.2 Å². The van der Waals surface area contributed by atoms with Crippen molar-refractivity contribution in [1.29, 1.82) is 0 Å². The monoisotopic (exact) mass is 492 g/mol. The Labute approximate surface area is 172 Å². The summed E-state index contributed by atoms with van der Waals surface area (Å²) in [6.45, 7) is 2.90. The van der Waals surface area contributed by atoms with E-state index in [4.69, 9.17) is 0 Å². The number of nitrogens with zero attached hydrogens (tertiary/aromatic N) is 5. The number of unbranched alkanes of at least 4 members (excludes halogenated alkanes) is 2. The van der Waals surface area contributed by atoms with Gasteiger partial charge in [0.25, 0.3) is 5.56 Å². The van der Waals surface area contributed by atoms with Crippen LogP contribution in [0, 0.1) is 0 Å². The summed E-state index contributed by atoms with van der Waals surface area (Å²) in [6.07, 6.45) is 3.73. The standard InChI is InChI=1S/C18H18Br2N6O/c1-2-3-4-8-25-15-14(21-17(20)22-15)16(27)26-13(23-24-18(25)26)10-11-6-5-7-12(19)9-11/h5-7,9H,2-4,8,10H2,1H3,(H,21,22). The van der Waals surface area contributed by atoms with E-state index in [2.05, 4.69) is 58.9 Å². The average molecular weight is 494 g/mol. The van der Waals surface area contributed by atoms with Crippen LogP contribution in [0.2, 0.25) is 0 Å². The van der Waals surface area contributed by atoms with Crippen molar-refractivity contribution in [2.75, 3.05) is 0 Å². The molecule has 9 heteroatoms. The summed E-state index contributed by atoms with van der Waals surface area (Å²) < 4.78 is 5.10. The fourth-order valence-electron chi connectivity index (χ4n) is 3.25. The molecule has 0 saturated heterocycles. The number of hydrogen-bond acceptors (Lipinski definition) is 4. The van der Waals surface area contributed by atoms with Crippen LogP contribution in [0.1, 0.15) is 37.6 Å². The van der Waals surface area contributed by atoms with Crippen LogP contribution in [-0.2, 0) is 13.0 Å². The van der Waals surface area contributed by atoms with E-state index in [1.165, 1.54) is 0 Å². The number of nitrogens with one attached hydrogen (secondary N) is 1. The van der Waals surface area contributed by atoms with Gasteiger partial charge in [-0.25, -0.2) is 9.38 Å². The highest BCUT2D eigenvalue weighted by atomic mass is 79.9. The molecule has 1 N–H and O–H groups in total. The zero-order valence-electron chi connectivity index (χ0n) is 14.7. The first kappa shape index (κ1) is 18.4. The molecule has 0 aliphatic heterocycles. The van der Waals surface area contributed by atoms with Crippen LogP contribution >= 0.6 is 31.9 Å². The van der Waals surface area contributed by atoms with Gasteiger partial charge in [-0.2, -0.15) is 0 Å². The van der Waals surface area contributed by atoms with E-state index in [0.717, 1.165) is 35.8 Å². The second-order valence-electron chi connectivity index (χ2n) is 6.45. The molecule has 140 valence electrons. The summed E-state index contributed by atoms with van der Waals surface area (Å²) in [7, 11) is 0. The SMILES string of the molecule is CCCCCn1c2nc(Br)[nH]c2c(=O)n2c(Cc3cccc(Br)c3)nnc12. The van der Waals surface area contributed by atoms with Gasteiger partial charge in [-0.1, -0.05) is 47.8 Å². The molecule has 0 fully saturated rings. The summed E-state index contributed by atoms with van der Waals surface area (Å²) in [5, 5.41) is 8.65. The lowest BCUT2D eigenvalue weighted by Gasteiger charge is -2.09. The first-order valence-corrected chi connectivity index (χ1v) is 10.4. The molecule has 4 rings (SSSR count). The third kappa shape index (κ3) is 3.45. The van der Waals surface area contributed by atoms with Crippen LogP contribution in [0.4, 0.5) is 0 Å². The van der Waals surface area contributed by atoms with E-state index < -0.39 is 0 Å². The lowest BCUT2D eigenvalue weighted by molar-refractivity contribution is 0.612. The Kier molecular flexibility index (Phi) is 5.14. The summed E-state index contributed by atoms with van der Waals surface area (Å²) in [6, 6.07) is 7.97. The minimum Gasteiger partial charge on any atom is -0.327 e. The number of benzene rings is 1. The smallest absolute Gasteiger partial charge is 0.286 e. The number of halogens is 2. The summed E-state index contributed by atoms with van der Waals surface area (Å²) in [5.74, 6) is 1.15. The number of aromatic amines is 1. The largest absolute Gasteiger partial charge is 0.327 e. The predicted octanol–water partition coefficient (Wildman–Crippen LogP) is 4.07. The van der Waals surface area contributed by atoms with Crippen molar-refractivity contribution < 1.29 is 0 Å². The zero-order chi connectivity index (χ0) is 19.0.